The van der Waals surface area contributed by atoms with Crippen LogP contribution < -0.4 is 26.2 Å². The van der Waals surface area contributed by atoms with Gasteiger partial charge in [0.2, 0.25) is 11.9 Å². The quantitative estimate of drug-likeness (QED) is 0.294. The van der Waals surface area contributed by atoms with Gasteiger partial charge in [0.15, 0.2) is 0 Å². The largest absolute Gasteiger partial charge is 0.494 e. The van der Waals surface area contributed by atoms with Gasteiger partial charge in [-0.15, -0.1) is 0 Å². The molecule has 2 heterocycles. The van der Waals surface area contributed by atoms with Gasteiger partial charge in [-0.2, -0.15) is 4.98 Å². The third-order valence-corrected chi connectivity index (χ3v) is 6.44. The molecule has 10 heteroatoms. The molecule has 0 saturated carbocycles. The van der Waals surface area contributed by atoms with Gasteiger partial charge in [-0.25, -0.2) is 4.98 Å². The van der Waals surface area contributed by atoms with Gasteiger partial charge >= 0.3 is 7.12 Å². The molecule has 5 rings (SSSR count). The number of nitrogens with one attached hydrogen (secondary N) is 1. The van der Waals surface area contributed by atoms with E-state index in [1.807, 2.05) is 41.3 Å². The molecule has 0 aliphatic carbocycles. The zero-order chi connectivity index (χ0) is 25.4. The normalized spacial score (nSPS) is 14.6. The highest BCUT2D eigenvalue weighted by Crippen LogP contribution is 2.40. The summed E-state index contributed by atoms with van der Waals surface area (Å²) in [6.45, 7) is 2.46. The van der Waals surface area contributed by atoms with Crippen LogP contribution in [-0.2, 0) is 13.0 Å². The van der Waals surface area contributed by atoms with E-state index in [0.717, 1.165) is 22.2 Å². The van der Waals surface area contributed by atoms with Crippen molar-refractivity contribution in [3.63, 3.8) is 0 Å². The van der Waals surface area contributed by atoms with Crippen LogP contribution in [0.2, 0.25) is 0 Å². The minimum absolute atomic E-state index is 0.00299. The summed E-state index contributed by atoms with van der Waals surface area (Å²) in [5, 5.41) is 23.2. The lowest BCUT2D eigenvalue weighted by molar-refractivity contribution is 0.0999. The summed E-state index contributed by atoms with van der Waals surface area (Å²) in [6.07, 6.45) is 0.640. The molecule has 1 aliphatic heterocycles. The van der Waals surface area contributed by atoms with E-state index in [9.17, 15) is 14.8 Å². The first-order valence-corrected chi connectivity index (χ1v) is 11.6. The van der Waals surface area contributed by atoms with Crippen molar-refractivity contribution >= 4 is 46.8 Å². The number of primary amides is 1. The van der Waals surface area contributed by atoms with Crippen LogP contribution in [0.3, 0.4) is 0 Å². The van der Waals surface area contributed by atoms with Gasteiger partial charge in [0, 0.05) is 29.2 Å². The molecule has 4 aromatic rings. The van der Waals surface area contributed by atoms with Crippen molar-refractivity contribution in [3.05, 3.63) is 77.4 Å². The van der Waals surface area contributed by atoms with Crippen LogP contribution in [0, 0.1) is 0 Å². The smallest absolute Gasteiger partial charge is 0.488 e. The zero-order valence-electron chi connectivity index (χ0n) is 20.0. The average Bonchev–Trinajstić information content (AvgIpc) is 3.22. The third-order valence-electron chi connectivity index (χ3n) is 6.44. The van der Waals surface area contributed by atoms with Crippen LogP contribution >= 0.6 is 0 Å². The third kappa shape index (κ3) is 4.21. The number of carbonyl (C=O) groups excluding carboxylic acids is 1. The molecule has 36 heavy (non-hydrogen) atoms. The first-order valence-electron chi connectivity index (χ1n) is 11.6. The van der Waals surface area contributed by atoms with Crippen LogP contribution in [0.4, 0.5) is 17.5 Å². The predicted octanol–water partition coefficient (Wildman–Crippen LogP) is 2.11. The Morgan fingerprint density at radius 2 is 1.94 bits per heavy atom. The second kappa shape index (κ2) is 9.48. The number of rotatable bonds is 7. The number of nitrogens with two attached hydrogens (primary N) is 1. The zero-order valence-corrected chi connectivity index (χ0v) is 20.0. The Balaban J connectivity index is 1.60. The van der Waals surface area contributed by atoms with Gasteiger partial charge in [-0.05, 0) is 54.2 Å². The van der Waals surface area contributed by atoms with Crippen molar-refractivity contribution in [2.75, 3.05) is 17.3 Å². The molecule has 1 aliphatic rings. The lowest BCUT2D eigenvalue weighted by Crippen LogP contribution is -2.30. The minimum Gasteiger partial charge on any atom is -0.494 e. The number of hydrogen-bond donors (Lipinski definition) is 4. The van der Waals surface area contributed by atoms with Crippen molar-refractivity contribution in [1.29, 1.82) is 0 Å². The summed E-state index contributed by atoms with van der Waals surface area (Å²) in [5.74, 6) is 1.24. The molecular formula is C26H26BN5O4. The molecule has 0 spiro atoms. The monoisotopic (exact) mass is 483 g/mol. The predicted molar refractivity (Wildman–Crippen MR) is 140 cm³/mol. The highest BCUT2D eigenvalue weighted by molar-refractivity contribution is 6.58. The maximum atomic E-state index is 12.0. The first kappa shape index (κ1) is 23.6. The van der Waals surface area contributed by atoms with E-state index in [1.165, 1.54) is 0 Å². The molecule has 9 nitrogen and oxygen atoms in total. The number of para-hydroxylation sites is 1. The van der Waals surface area contributed by atoms with Crippen molar-refractivity contribution < 1.29 is 19.6 Å². The number of hydrogen-bond acceptors (Lipinski definition) is 8. The topological polar surface area (TPSA) is 134 Å². The number of ether oxygens (including phenoxy) is 1. The summed E-state index contributed by atoms with van der Waals surface area (Å²) in [6, 6.07) is 18.2. The Hall–Kier alpha value is -4.15. The molecular weight excluding hydrogens is 457 g/mol. The molecule has 0 fully saturated rings. The second-order valence-electron chi connectivity index (χ2n) is 8.79. The van der Waals surface area contributed by atoms with E-state index in [0.29, 0.717) is 47.0 Å². The molecule has 1 unspecified atom stereocenters. The number of anilines is 3. The summed E-state index contributed by atoms with van der Waals surface area (Å²) in [4.78, 5) is 23.8. The van der Waals surface area contributed by atoms with Crippen LogP contribution in [0.15, 0.2) is 60.7 Å². The molecule has 5 N–H and O–H groups in total. The van der Waals surface area contributed by atoms with Crippen molar-refractivity contribution in [3.8, 4) is 5.75 Å². The fourth-order valence-corrected chi connectivity index (χ4v) is 4.75. The van der Waals surface area contributed by atoms with Gasteiger partial charge in [0.25, 0.3) is 0 Å². The molecule has 182 valence electrons. The SMILES string of the molecule is COc1cccc2c(NCc3cccc(B(O)O)c3)nc(N3c4cccc(C(N)=O)c4CC3C)nc12. The van der Waals surface area contributed by atoms with Gasteiger partial charge in [0.1, 0.15) is 17.1 Å². The summed E-state index contributed by atoms with van der Waals surface area (Å²) < 4.78 is 5.60. The highest BCUT2D eigenvalue weighted by atomic mass is 16.5. The maximum absolute atomic E-state index is 12.0. The molecule has 0 bridgehead atoms. The van der Waals surface area contributed by atoms with Crippen LogP contribution in [0.25, 0.3) is 10.9 Å². The summed E-state index contributed by atoms with van der Waals surface area (Å²) in [7, 11) is 0.0603. The maximum Gasteiger partial charge on any atom is 0.488 e. The highest BCUT2D eigenvalue weighted by Gasteiger charge is 2.32. The summed E-state index contributed by atoms with van der Waals surface area (Å²) >= 11 is 0. The molecule has 1 amide bonds. The average molecular weight is 483 g/mol. The fourth-order valence-electron chi connectivity index (χ4n) is 4.75. The van der Waals surface area contributed by atoms with E-state index >= 15 is 0 Å². The number of fused-ring (bicyclic) bond motifs is 2. The number of benzene rings is 3. The van der Waals surface area contributed by atoms with Gasteiger partial charge < -0.3 is 30.7 Å². The lowest BCUT2D eigenvalue weighted by atomic mass is 9.80. The molecule has 1 aromatic heterocycles. The number of aromatic nitrogens is 2. The van der Waals surface area contributed by atoms with Crippen molar-refractivity contribution in [2.45, 2.75) is 25.9 Å². The van der Waals surface area contributed by atoms with Gasteiger partial charge in [-0.3, -0.25) is 4.79 Å². The second-order valence-corrected chi connectivity index (χ2v) is 8.79. The standard InChI is InChI=1S/C26H26BN5O4/c1-15-12-20-18(24(28)33)8-4-10-21(20)32(15)26-30-23-19(9-5-11-22(23)36-2)25(31-26)29-14-16-6-3-7-17(13-16)27(34)35/h3-11,13,15,34-35H,12,14H2,1-2H3,(H2,28,33)(H,29,30,31). The summed E-state index contributed by atoms with van der Waals surface area (Å²) in [5.41, 5.74) is 9.80. The Bertz CT molecular complexity index is 1460. The van der Waals surface area contributed by atoms with E-state index in [1.54, 1.807) is 31.4 Å². The van der Waals surface area contributed by atoms with Crippen LogP contribution in [0.1, 0.15) is 28.4 Å². The molecule has 3 aromatic carbocycles. The van der Waals surface area contributed by atoms with E-state index in [-0.39, 0.29) is 6.04 Å². The fraction of sp³-hybridized carbons (Fsp3) is 0.192. The van der Waals surface area contributed by atoms with Crippen molar-refractivity contribution in [2.24, 2.45) is 5.73 Å². The van der Waals surface area contributed by atoms with E-state index in [4.69, 9.17) is 20.4 Å². The lowest BCUT2D eigenvalue weighted by Gasteiger charge is -2.24. The molecule has 0 radical (unpaired) electrons. The number of methoxy groups -OCH3 is 1. The first-order chi connectivity index (χ1) is 17.4. The number of nitrogens with zero attached hydrogens (tertiary/aromatic N) is 3. The van der Waals surface area contributed by atoms with E-state index < -0.39 is 13.0 Å². The number of amides is 1. The van der Waals surface area contributed by atoms with Crippen LogP contribution in [-0.4, -0.2) is 46.2 Å². The minimum atomic E-state index is -1.54. The van der Waals surface area contributed by atoms with Crippen LogP contribution in [0.5, 0.6) is 5.75 Å². The van der Waals surface area contributed by atoms with Crippen molar-refractivity contribution in [1.82, 2.24) is 9.97 Å². The van der Waals surface area contributed by atoms with E-state index in [2.05, 4.69) is 12.2 Å². The Kier molecular flexibility index (Phi) is 6.21. The number of carbonyl (C=O) groups is 1. The Morgan fingerprint density at radius 1 is 1.17 bits per heavy atom. The van der Waals surface area contributed by atoms with Gasteiger partial charge in [0.05, 0.1) is 7.11 Å². The Morgan fingerprint density at radius 3 is 2.69 bits per heavy atom. The molecule has 0 saturated heterocycles. The van der Waals surface area contributed by atoms with Gasteiger partial charge in [-0.1, -0.05) is 36.4 Å². The Labute approximate surface area is 208 Å². The molecule has 1 atom stereocenters.